The second kappa shape index (κ2) is 11.2. The molecule has 3 aromatic rings. The van der Waals surface area contributed by atoms with E-state index in [0.717, 1.165) is 18.4 Å². The molecule has 1 nitrogen and oxygen atoms in total. The zero-order chi connectivity index (χ0) is 18.9. The standard InChI is InChI=1S/C14H14O.C12H11.Fe/c1-11(15)14-8-7-13(10-14)9-12-5-3-2-4-6-12;1-2-6-11(7-3-1)10-12-8-4-5-9-12;/h2-8,10,15H,9H2,1H3;1-9H,10H2;/q;-1;+2/p-1. The Labute approximate surface area is 178 Å². The molecule has 0 atom stereocenters. The van der Waals surface area contributed by atoms with E-state index in [9.17, 15) is 5.11 Å². The van der Waals surface area contributed by atoms with E-state index in [1.807, 2.05) is 36.4 Å². The quantitative estimate of drug-likeness (QED) is 0.324. The van der Waals surface area contributed by atoms with Crippen LogP contribution in [-0.4, -0.2) is 0 Å². The van der Waals surface area contributed by atoms with Gasteiger partial charge in [-0.05, 0) is 35.1 Å². The van der Waals surface area contributed by atoms with Crippen molar-refractivity contribution in [2.75, 3.05) is 0 Å². The van der Waals surface area contributed by atoms with Gasteiger partial charge in [-0.3, -0.25) is 0 Å². The van der Waals surface area contributed by atoms with Gasteiger partial charge in [0.15, 0.2) is 0 Å². The fourth-order valence-electron chi connectivity index (χ4n) is 3.02. The summed E-state index contributed by atoms with van der Waals surface area (Å²) in [7, 11) is 0. The third-order valence-corrected chi connectivity index (χ3v) is 4.46. The number of hydrogen-bond acceptors (Lipinski definition) is 1. The van der Waals surface area contributed by atoms with Gasteiger partial charge in [-0.25, -0.2) is 12.1 Å². The SMILES string of the molecule is CC([O-])=C1C=CC(Cc2ccccc2)=C1.[Fe+2].c1ccc(Cc2ccc[cH-]2)cc1. The van der Waals surface area contributed by atoms with Crippen LogP contribution < -0.4 is 5.11 Å². The zero-order valence-electron chi connectivity index (χ0n) is 16.0. The molecule has 0 saturated heterocycles. The fourth-order valence-corrected chi connectivity index (χ4v) is 3.02. The summed E-state index contributed by atoms with van der Waals surface area (Å²) in [5.41, 5.74) is 6.05. The maximum Gasteiger partial charge on any atom is 2.00 e. The van der Waals surface area contributed by atoms with E-state index in [1.54, 1.807) is 6.92 Å². The predicted molar refractivity (Wildman–Crippen MR) is 111 cm³/mol. The summed E-state index contributed by atoms with van der Waals surface area (Å²) in [5, 5.41) is 11.1. The molecule has 0 amide bonds. The van der Waals surface area contributed by atoms with Gasteiger partial charge in [0.05, 0.1) is 0 Å². The predicted octanol–water partition coefficient (Wildman–Crippen LogP) is 5.35. The van der Waals surface area contributed by atoms with Gasteiger partial charge in [0.25, 0.3) is 0 Å². The number of allylic oxidation sites excluding steroid dienone is 6. The first kappa shape index (κ1) is 21.6. The minimum absolute atomic E-state index is 0. The molecule has 0 heterocycles. The number of benzene rings is 2. The average Bonchev–Trinajstić information content (AvgIpc) is 3.36. The molecule has 0 unspecified atom stereocenters. The molecule has 1 aliphatic carbocycles. The van der Waals surface area contributed by atoms with E-state index in [-0.39, 0.29) is 22.8 Å². The smallest absolute Gasteiger partial charge is 0.875 e. The van der Waals surface area contributed by atoms with Crippen LogP contribution in [0.15, 0.2) is 120 Å². The van der Waals surface area contributed by atoms with E-state index in [2.05, 4.69) is 66.7 Å². The van der Waals surface area contributed by atoms with Gasteiger partial charge in [0.2, 0.25) is 0 Å². The summed E-state index contributed by atoms with van der Waals surface area (Å²) in [6.07, 6.45) is 7.82. The minimum atomic E-state index is 0. The summed E-state index contributed by atoms with van der Waals surface area (Å²) in [6, 6.07) is 29.3. The molecule has 0 saturated carbocycles. The van der Waals surface area contributed by atoms with Crippen LogP contribution in [0.5, 0.6) is 0 Å². The van der Waals surface area contributed by atoms with Crippen LogP contribution in [-0.2, 0) is 29.9 Å². The Morgan fingerprint density at radius 2 is 1.39 bits per heavy atom. The van der Waals surface area contributed by atoms with Crippen molar-refractivity contribution in [2.24, 2.45) is 0 Å². The molecular weight excluding hydrogens is 384 g/mol. The van der Waals surface area contributed by atoms with E-state index < -0.39 is 0 Å². The summed E-state index contributed by atoms with van der Waals surface area (Å²) in [6.45, 7) is 1.60. The molecule has 4 rings (SSSR count). The normalized spacial score (nSPS) is 13.8. The van der Waals surface area contributed by atoms with Crippen molar-refractivity contribution >= 4 is 0 Å². The second-order valence-electron chi connectivity index (χ2n) is 6.68. The molecule has 1 aliphatic rings. The first-order valence-electron chi connectivity index (χ1n) is 9.26. The molecule has 28 heavy (non-hydrogen) atoms. The van der Waals surface area contributed by atoms with Gasteiger partial charge in [-0.2, -0.15) is 17.7 Å². The van der Waals surface area contributed by atoms with Crippen molar-refractivity contribution in [3.05, 3.63) is 137 Å². The zero-order valence-corrected chi connectivity index (χ0v) is 17.1. The molecule has 0 radical (unpaired) electrons. The van der Waals surface area contributed by atoms with E-state index in [0.29, 0.717) is 0 Å². The first-order chi connectivity index (χ1) is 13.2. The molecule has 0 spiro atoms. The van der Waals surface area contributed by atoms with Gasteiger partial charge in [0, 0.05) is 0 Å². The van der Waals surface area contributed by atoms with E-state index >= 15 is 0 Å². The Kier molecular flexibility index (Phi) is 8.68. The van der Waals surface area contributed by atoms with Gasteiger partial charge in [-0.15, -0.1) is 5.76 Å². The molecule has 3 aromatic carbocycles. The Balaban J connectivity index is 0.000000198. The monoisotopic (exact) mass is 408 g/mol. The summed E-state index contributed by atoms with van der Waals surface area (Å²) in [5.74, 6) is 0.134. The van der Waals surface area contributed by atoms with Crippen molar-refractivity contribution in [1.82, 2.24) is 0 Å². The van der Waals surface area contributed by atoms with Crippen LogP contribution >= 0.6 is 0 Å². The van der Waals surface area contributed by atoms with Crippen molar-refractivity contribution < 1.29 is 22.2 Å². The van der Waals surface area contributed by atoms with Crippen LogP contribution in [0.4, 0.5) is 0 Å². The maximum atomic E-state index is 11.1. The minimum Gasteiger partial charge on any atom is -0.875 e. The van der Waals surface area contributed by atoms with Crippen molar-refractivity contribution in [1.29, 1.82) is 0 Å². The molecular formula is C26H24FeO. The van der Waals surface area contributed by atoms with Gasteiger partial charge < -0.3 is 5.11 Å². The van der Waals surface area contributed by atoms with Crippen LogP contribution in [0.25, 0.3) is 0 Å². The Morgan fingerprint density at radius 1 is 0.786 bits per heavy atom. The van der Waals surface area contributed by atoms with Crippen LogP contribution in [0.1, 0.15) is 23.6 Å². The summed E-state index contributed by atoms with van der Waals surface area (Å²) >= 11 is 0. The van der Waals surface area contributed by atoms with Crippen molar-refractivity contribution in [3.63, 3.8) is 0 Å². The van der Waals surface area contributed by atoms with Gasteiger partial charge >= 0.3 is 17.1 Å². The topological polar surface area (TPSA) is 23.1 Å². The number of rotatable bonds is 4. The van der Waals surface area contributed by atoms with E-state index in [4.69, 9.17) is 0 Å². The van der Waals surface area contributed by atoms with Crippen molar-refractivity contribution in [2.45, 2.75) is 19.8 Å². The van der Waals surface area contributed by atoms with Crippen LogP contribution in [0.3, 0.4) is 0 Å². The first-order valence-corrected chi connectivity index (χ1v) is 9.26. The maximum absolute atomic E-state index is 11.1. The molecule has 0 N–H and O–H groups in total. The Morgan fingerprint density at radius 3 is 1.89 bits per heavy atom. The van der Waals surface area contributed by atoms with E-state index in [1.165, 1.54) is 22.3 Å². The molecule has 0 fully saturated rings. The second-order valence-corrected chi connectivity index (χ2v) is 6.68. The largest absolute Gasteiger partial charge is 2.00 e. The molecule has 0 aromatic heterocycles. The fraction of sp³-hybridized carbons (Fsp3) is 0.115. The van der Waals surface area contributed by atoms with Gasteiger partial charge in [-0.1, -0.05) is 85.8 Å². The number of hydrogen-bond donors (Lipinski definition) is 0. The van der Waals surface area contributed by atoms with Gasteiger partial charge in [0.1, 0.15) is 0 Å². The summed E-state index contributed by atoms with van der Waals surface area (Å²) < 4.78 is 0. The average molecular weight is 408 g/mol. The Hall–Kier alpha value is -2.67. The van der Waals surface area contributed by atoms with Crippen molar-refractivity contribution in [3.8, 4) is 0 Å². The van der Waals surface area contributed by atoms with Crippen LogP contribution in [0.2, 0.25) is 0 Å². The molecule has 0 aliphatic heterocycles. The van der Waals surface area contributed by atoms with Crippen LogP contribution in [0, 0.1) is 0 Å². The molecule has 0 bridgehead atoms. The Bertz CT molecular complexity index is 913. The third kappa shape index (κ3) is 6.81. The third-order valence-electron chi connectivity index (χ3n) is 4.46. The molecule has 2 heteroatoms. The molecule has 142 valence electrons. The summed E-state index contributed by atoms with van der Waals surface area (Å²) in [4.78, 5) is 0.